The van der Waals surface area contributed by atoms with Gasteiger partial charge in [0.15, 0.2) is 0 Å². The first kappa shape index (κ1) is 21.8. The molecule has 0 fully saturated rings. The lowest BCUT2D eigenvalue weighted by Gasteiger charge is -2.28. The maximum atomic E-state index is 9.90. The number of ether oxygens (including phenoxy) is 1. The molecular weight excluding hydrogens is 286 g/mol. The summed E-state index contributed by atoms with van der Waals surface area (Å²) in [6, 6.07) is 0. The maximum Gasteiger partial charge on any atom is 0.111 e. The maximum absolute atomic E-state index is 9.90. The molecule has 6 nitrogen and oxygen atoms in total. The number of aliphatic hydroxyl groups excluding tert-OH is 4. The van der Waals surface area contributed by atoms with Crippen molar-refractivity contribution in [3.05, 3.63) is 0 Å². The van der Waals surface area contributed by atoms with Crippen molar-refractivity contribution < 1.29 is 25.2 Å². The van der Waals surface area contributed by atoms with Crippen LogP contribution < -0.4 is 5.32 Å². The van der Waals surface area contributed by atoms with E-state index in [4.69, 9.17) is 4.74 Å². The molecule has 22 heavy (non-hydrogen) atoms. The highest BCUT2D eigenvalue weighted by atomic mass is 16.5. The molecule has 0 amide bonds. The minimum absolute atomic E-state index is 0.0288. The fourth-order valence-electron chi connectivity index (χ4n) is 2.06. The third-order valence-corrected chi connectivity index (χ3v) is 4.09. The Morgan fingerprint density at radius 1 is 0.818 bits per heavy atom. The minimum atomic E-state index is -1.44. The highest BCUT2D eigenvalue weighted by Crippen LogP contribution is 2.09. The Bertz CT molecular complexity index is 263. The first-order chi connectivity index (χ1) is 10.4. The summed E-state index contributed by atoms with van der Waals surface area (Å²) in [6.45, 7) is 8.98. The normalized spacial score (nSPS) is 19.0. The van der Waals surface area contributed by atoms with Gasteiger partial charge in [0.1, 0.15) is 18.3 Å². The van der Waals surface area contributed by atoms with Crippen LogP contribution in [0.4, 0.5) is 0 Å². The van der Waals surface area contributed by atoms with E-state index in [1.165, 1.54) is 0 Å². The number of hydrogen-bond donors (Lipinski definition) is 5. The zero-order valence-corrected chi connectivity index (χ0v) is 14.4. The van der Waals surface area contributed by atoms with Gasteiger partial charge in [-0.1, -0.05) is 34.1 Å². The van der Waals surface area contributed by atoms with Crippen LogP contribution in [-0.2, 0) is 4.74 Å². The van der Waals surface area contributed by atoms with Crippen molar-refractivity contribution in [2.75, 3.05) is 19.7 Å². The molecule has 0 aliphatic carbocycles. The van der Waals surface area contributed by atoms with Crippen molar-refractivity contribution in [3.8, 4) is 0 Å². The van der Waals surface area contributed by atoms with E-state index in [1.807, 2.05) is 13.8 Å². The number of hydrogen-bond acceptors (Lipinski definition) is 6. The van der Waals surface area contributed by atoms with Gasteiger partial charge in [-0.2, -0.15) is 0 Å². The fraction of sp³-hybridized carbons (Fsp3) is 1.00. The van der Waals surface area contributed by atoms with Crippen molar-refractivity contribution in [2.45, 2.75) is 77.5 Å². The number of nitrogens with one attached hydrogen (secondary N) is 1. The summed E-state index contributed by atoms with van der Waals surface area (Å²) in [5.41, 5.74) is 0. The first-order valence-corrected chi connectivity index (χ1v) is 8.41. The molecular formula is C16H35NO5. The molecule has 5 atom stereocenters. The Balaban J connectivity index is 4.12. The monoisotopic (exact) mass is 321 g/mol. The van der Waals surface area contributed by atoms with Crippen LogP contribution >= 0.6 is 0 Å². The highest BCUT2D eigenvalue weighted by molar-refractivity contribution is 4.82. The van der Waals surface area contributed by atoms with E-state index in [0.29, 0.717) is 5.92 Å². The SMILES string of the molecule is CCC(C)CNCC(O)C(O)C(O)C(O)COC(CC)CC. The second-order valence-electron chi connectivity index (χ2n) is 6.06. The van der Waals surface area contributed by atoms with Gasteiger partial charge in [0.25, 0.3) is 0 Å². The lowest BCUT2D eigenvalue weighted by Crippen LogP contribution is -2.49. The Morgan fingerprint density at radius 2 is 1.36 bits per heavy atom. The van der Waals surface area contributed by atoms with Crippen LogP contribution in [-0.4, -0.2) is 70.6 Å². The lowest BCUT2D eigenvalue weighted by atomic mass is 10.0. The van der Waals surface area contributed by atoms with Gasteiger partial charge in [-0.3, -0.25) is 0 Å². The van der Waals surface area contributed by atoms with E-state index in [0.717, 1.165) is 25.8 Å². The van der Waals surface area contributed by atoms with Crippen molar-refractivity contribution in [1.29, 1.82) is 0 Å². The van der Waals surface area contributed by atoms with Crippen molar-refractivity contribution >= 4 is 0 Å². The van der Waals surface area contributed by atoms with Crippen LogP contribution in [0.3, 0.4) is 0 Å². The van der Waals surface area contributed by atoms with Gasteiger partial charge < -0.3 is 30.5 Å². The Hall–Kier alpha value is -0.240. The predicted octanol–water partition coefficient (Wildman–Crippen LogP) is 0.271. The largest absolute Gasteiger partial charge is 0.389 e. The Kier molecular flexibility index (Phi) is 12.1. The second-order valence-corrected chi connectivity index (χ2v) is 6.06. The summed E-state index contributed by atoms with van der Waals surface area (Å²) >= 11 is 0. The predicted molar refractivity (Wildman–Crippen MR) is 86.7 cm³/mol. The minimum Gasteiger partial charge on any atom is -0.389 e. The van der Waals surface area contributed by atoms with E-state index in [1.54, 1.807) is 0 Å². The van der Waals surface area contributed by atoms with Crippen molar-refractivity contribution in [2.24, 2.45) is 5.92 Å². The van der Waals surface area contributed by atoms with Gasteiger partial charge in [0.05, 0.1) is 18.8 Å². The van der Waals surface area contributed by atoms with Crippen LogP contribution in [0.1, 0.15) is 47.0 Å². The summed E-state index contributed by atoms with van der Waals surface area (Å²) in [5, 5.41) is 42.6. The number of rotatable bonds is 13. The molecule has 0 aromatic heterocycles. The molecule has 0 aromatic rings. The lowest BCUT2D eigenvalue weighted by molar-refractivity contribution is -0.127. The first-order valence-electron chi connectivity index (χ1n) is 8.41. The summed E-state index contributed by atoms with van der Waals surface area (Å²) in [6.07, 6.45) is -2.50. The molecule has 134 valence electrons. The molecule has 0 bridgehead atoms. The van der Waals surface area contributed by atoms with Gasteiger partial charge >= 0.3 is 0 Å². The molecule has 5 unspecified atom stereocenters. The quantitative estimate of drug-likeness (QED) is 0.334. The third kappa shape index (κ3) is 8.41. The van der Waals surface area contributed by atoms with Crippen LogP contribution in [0.25, 0.3) is 0 Å². The molecule has 0 spiro atoms. The van der Waals surface area contributed by atoms with Crippen molar-refractivity contribution in [1.82, 2.24) is 5.32 Å². The molecule has 0 aliphatic rings. The summed E-state index contributed by atoms with van der Waals surface area (Å²) in [7, 11) is 0. The molecule has 6 heteroatoms. The van der Waals surface area contributed by atoms with Gasteiger partial charge in [-0.15, -0.1) is 0 Å². The molecule has 0 rings (SSSR count). The second kappa shape index (κ2) is 12.2. The zero-order valence-electron chi connectivity index (χ0n) is 14.4. The molecule has 0 aliphatic heterocycles. The average molecular weight is 321 g/mol. The van der Waals surface area contributed by atoms with E-state index in [-0.39, 0.29) is 19.3 Å². The van der Waals surface area contributed by atoms with E-state index in [2.05, 4.69) is 19.2 Å². The van der Waals surface area contributed by atoms with E-state index >= 15 is 0 Å². The number of aliphatic hydroxyl groups is 4. The Labute approximate surface area is 134 Å². The molecule has 5 N–H and O–H groups in total. The molecule has 0 radical (unpaired) electrons. The van der Waals surface area contributed by atoms with Gasteiger partial charge in [-0.25, -0.2) is 0 Å². The molecule has 0 aromatic carbocycles. The van der Waals surface area contributed by atoms with Crippen LogP contribution in [0, 0.1) is 5.92 Å². The molecule has 0 saturated carbocycles. The average Bonchev–Trinajstić information content (AvgIpc) is 2.53. The van der Waals surface area contributed by atoms with E-state index in [9.17, 15) is 20.4 Å². The summed E-state index contributed by atoms with van der Waals surface area (Å²) in [4.78, 5) is 0. The third-order valence-electron chi connectivity index (χ3n) is 4.09. The van der Waals surface area contributed by atoms with Crippen molar-refractivity contribution in [3.63, 3.8) is 0 Å². The van der Waals surface area contributed by atoms with Crippen LogP contribution in [0.5, 0.6) is 0 Å². The topological polar surface area (TPSA) is 102 Å². The van der Waals surface area contributed by atoms with Crippen LogP contribution in [0.2, 0.25) is 0 Å². The van der Waals surface area contributed by atoms with Crippen LogP contribution in [0.15, 0.2) is 0 Å². The standard InChI is InChI=1S/C16H35NO5/c1-5-11(4)8-17-9-13(18)15(20)16(21)14(19)10-22-12(6-2)7-3/h11-21H,5-10H2,1-4H3. The van der Waals surface area contributed by atoms with Gasteiger partial charge in [-0.05, 0) is 25.3 Å². The van der Waals surface area contributed by atoms with Gasteiger partial charge in [0, 0.05) is 6.54 Å². The fourth-order valence-corrected chi connectivity index (χ4v) is 2.06. The molecule has 0 heterocycles. The molecule has 0 saturated heterocycles. The van der Waals surface area contributed by atoms with Gasteiger partial charge in [0.2, 0.25) is 0 Å². The highest BCUT2D eigenvalue weighted by Gasteiger charge is 2.30. The summed E-state index contributed by atoms with van der Waals surface area (Å²) < 4.78 is 5.46. The summed E-state index contributed by atoms with van der Waals surface area (Å²) in [5.74, 6) is 0.480. The Morgan fingerprint density at radius 3 is 1.86 bits per heavy atom. The zero-order chi connectivity index (χ0) is 17.1. The smallest absolute Gasteiger partial charge is 0.111 e. The van der Waals surface area contributed by atoms with E-state index < -0.39 is 24.4 Å².